The minimum Gasteiger partial charge on any atom is -0.379 e. The number of halogens is 1. The van der Waals surface area contributed by atoms with Gasteiger partial charge in [0.25, 0.3) is 11.3 Å². The number of anilines is 1. The normalized spacial score (nSPS) is 16.7. The van der Waals surface area contributed by atoms with Gasteiger partial charge in [0.1, 0.15) is 0 Å². The molecule has 3 aromatic rings. The van der Waals surface area contributed by atoms with E-state index in [1.54, 1.807) is 0 Å². The maximum atomic E-state index is 12.4. The second-order valence-corrected chi connectivity index (χ2v) is 6.78. The van der Waals surface area contributed by atoms with Crippen LogP contribution in [0, 0.1) is 5.92 Å². The molecule has 4 rings (SSSR count). The van der Waals surface area contributed by atoms with Gasteiger partial charge in [-0.3, -0.25) is 9.89 Å². The second-order valence-electron chi connectivity index (χ2n) is 6.34. The first-order valence-corrected chi connectivity index (χ1v) is 8.83. The van der Waals surface area contributed by atoms with Crippen LogP contribution in [0.5, 0.6) is 0 Å². The highest BCUT2D eigenvalue weighted by Crippen LogP contribution is 2.26. The van der Waals surface area contributed by atoms with E-state index in [-0.39, 0.29) is 5.56 Å². The number of aromatic amines is 1. The Labute approximate surface area is 155 Å². The summed E-state index contributed by atoms with van der Waals surface area (Å²) in [6.45, 7) is 2.55. The van der Waals surface area contributed by atoms with Crippen LogP contribution < -0.4 is 10.9 Å². The van der Waals surface area contributed by atoms with Crippen molar-refractivity contribution in [2.45, 2.75) is 19.9 Å². The van der Waals surface area contributed by atoms with Gasteiger partial charge in [0, 0.05) is 16.8 Å². The van der Waals surface area contributed by atoms with Gasteiger partial charge in [-0.05, 0) is 36.1 Å². The number of benzene rings is 1. The third kappa shape index (κ3) is 3.28. The molecule has 0 bridgehead atoms. The average Bonchev–Trinajstić information content (AvgIpc) is 3.05. The fraction of sp³-hybridized carbons (Fsp3) is 0.211. The molecule has 6 nitrogen and oxygen atoms in total. The van der Waals surface area contributed by atoms with Crippen molar-refractivity contribution in [3.05, 3.63) is 75.5 Å². The van der Waals surface area contributed by atoms with E-state index in [1.807, 2.05) is 36.4 Å². The molecule has 2 heterocycles. The Morgan fingerprint density at radius 1 is 1.35 bits per heavy atom. The van der Waals surface area contributed by atoms with Crippen LogP contribution in [-0.2, 0) is 6.54 Å². The molecule has 1 unspecified atom stereocenters. The summed E-state index contributed by atoms with van der Waals surface area (Å²) in [6.07, 6.45) is 7.12. The number of nitrogens with one attached hydrogen (secondary N) is 2. The van der Waals surface area contributed by atoms with E-state index >= 15 is 0 Å². The van der Waals surface area contributed by atoms with Crippen LogP contribution >= 0.6 is 11.6 Å². The summed E-state index contributed by atoms with van der Waals surface area (Å²) in [6, 6.07) is 8.91. The summed E-state index contributed by atoms with van der Waals surface area (Å²) in [7, 11) is 0. The third-order valence-electron chi connectivity index (χ3n) is 4.39. The fourth-order valence-electron chi connectivity index (χ4n) is 3.00. The van der Waals surface area contributed by atoms with Crippen molar-refractivity contribution in [3.63, 3.8) is 0 Å². The van der Waals surface area contributed by atoms with Crippen molar-refractivity contribution < 1.29 is 0 Å². The standard InChI is InChI=1S/C19H18ClN5O/c1-12-5-2-3-8-16(12)18-23-19-22-15(10-17(26)25(19)24-18)11-21-14-7-4-6-13(20)9-14/h2-4,6-10,12,21H,5,11H2,1H3,(H,22,23,24). The van der Waals surface area contributed by atoms with Crippen molar-refractivity contribution in [2.24, 2.45) is 5.92 Å². The van der Waals surface area contributed by atoms with E-state index in [0.29, 0.717) is 34.8 Å². The average molecular weight is 368 g/mol. The molecule has 26 heavy (non-hydrogen) atoms. The topological polar surface area (TPSA) is 75.1 Å². The lowest BCUT2D eigenvalue weighted by Crippen LogP contribution is -2.17. The molecule has 1 aromatic carbocycles. The van der Waals surface area contributed by atoms with E-state index < -0.39 is 0 Å². The molecule has 7 heteroatoms. The predicted octanol–water partition coefficient (Wildman–Crippen LogP) is 3.66. The van der Waals surface area contributed by atoms with Gasteiger partial charge in [-0.25, -0.2) is 4.98 Å². The molecule has 2 aromatic heterocycles. The SMILES string of the molecule is CC1CC=CC=C1c1nc2nc(CNc3cccc(Cl)c3)cc(=O)n2[nH]1. The first-order chi connectivity index (χ1) is 12.6. The van der Waals surface area contributed by atoms with Crippen LogP contribution in [0.4, 0.5) is 5.69 Å². The zero-order chi connectivity index (χ0) is 18.1. The van der Waals surface area contributed by atoms with Crippen LogP contribution in [-0.4, -0.2) is 19.6 Å². The highest BCUT2D eigenvalue weighted by atomic mass is 35.5. The molecule has 0 radical (unpaired) electrons. The molecule has 1 atom stereocenters. The monoisotopic (exact) mass is 367 g/mol. The van der Waals surface area contributed by atoms with Gasteiger partial charge in [-0.2, -0.15) is 9.50 Å². The van der Waals surface area contributed by atoms with Crippen molar-refractivity contribution in [1.29, 1.82) is 0 Å². The molecule has 0 fully saturated rings. The molecule has 132 valence electrons. The van der Waals surface area contributed by atoms with Crippen LogP contribution in [0.3, 0.4) is 0 Å². The highest BCUT2D eigenvalue weighted by Gasteiger charge is 2.17. The summed E-state index contributed by atoms with van der Waals surface area (Å²) in [5, 5.41) is 6.93. The Kier molecular flexibility index (Phi) is 4.34. The van der Waals surface area contributed by atoms with Gasteiger partial charge in [0.05, 0.1) is 12.2 Å². The van der Waals surface area contributed by atoms with Crippen LogP contribution in [0.2, 0.25) is 5.02 Å². The largest absolute Gasteiger partial charge is 0.379 e. The molecule has 0 aliphatic heterocycles. The zero-order valence-corrected chi connectivity index (χ0v) is 15.0. The van der Waals surface area contributed by atoms with Gasteiger partial charge in [-0.1, -0.05) is 42.8 Å². The fourth-order valence-corrected chi connectivity index (χ4v) is 3.19. The van der Waals surface area contributed by atoms with Crippen molar-refractivity contribution in [3.8, 4) is 0 Å². The van der Waals surface area contributed by atoms with Crippen LogP contribution in [0.15, 0.2) is 53.4 Å². The number of allylic oxidation sites excluding steroid dienone is 4. The van der Waals surface area contributed by atoms with Crippen LogP contribution in [0.25, 0.3) is 11.4 Å². The third-order valence-corrected chi connectivity index (χ3v) is 4.62. The maximum Gasteiger partial charge on any atom is 0.274 e. The summed E-state index contributed by atoms with van der Waals surface area (Å²) in [4.78, 5) is 21.4. The predicted molar refractivity (Wildman–Crippen MR) is 103 cm³/mol. The number of rotatable bonds is 4. The zero-order valence-electron chi connectivity index (χ0n) is 14.2. The Hall–Kier alpha value is -2.86. The van der Waals surface area contributed by atoms with E-state index in [4.69, 9.17) is 11.6 Å². The quantitative estimate of drug-likeness (QED) is 0.737. The number of H-pyrrole nitrogens is 1. The molecule has 2 N–H and O–H groups in total. The smallest absolute Gasteiger partial charge is 0.274 e. The summed E-state index contributed by atoms with van der Waals surface area (Å²) < 4.78 is 1.38. The molecule has 0 saturated carbocycles. The molecule has 0 spiro atoms. The lowest BCUT2D eigenvalue weighted by Gasteiger charge is -2.14. The van der Waals surface area contributed by atoms with Crippen molar-refractivity contribution in [2.75, 3.05) is 5.32 Å². The molecular weight excluding hydrogens is 350 g/mol. The Balaban J connectivity index is 1.63. The number of nitrogens with zero attached hydrogens (tertiary/aromatic N) is 3. The van der Waals surface area contributed by atoms with Gasteiger partial charge < -0.3 is 5.32 Å². The Morgan fingerprint density at radius 3 is 3.04 bits per heavy atom. The lowest BCUT2D eigenvalue weighted by molar-refractivity contribution is 0.746. The van der Waals surface area contributed by atoms with E-state index in [9.17, 15) is 4.79 Å². The number of hydrogen-bond donors (Lipinski definition) is 2. The molecule has 0 amide bonds. The van der Waals surface area contributed by atoms with Gasteiger partial charge in [0.15, 0.2) is 5.82 Å². The Bertz CT molecular complexity index is 1080. The summed E-state index contributed by atoms with van der Waals surface area (Å²) >= 11 is 5.99. The van der Waals surface area contributed by atoms with E-state index in [2.05, 4.69) is 33.4 Å². The number of hydrogen-bond acceptors (Lipinski definition) is 4. The minimum atomic E-state index is -0.184. The molecular formula is C19H18ClN5O. The second kappa shape index (κ2) is 6.80. The van der Waals surface area contributed by atoms with Crippen LogP contribution in [0.1, 0.15) is 24.9 Å². The first kappa shape index (κ1) is 16.6. The van der Waals surface area contributed by atoms with Gasteiger partial charge >= 0.3 is 0 Å². The first-order valence-electron chi connectivity index (χ1n) is 8.45. The minimum absolute atomic E-state index is 0.184. The number of fused-ring (bicyclic) bond motifs is 1. The highest BCUT2D eigenvalue weighted by molar-refractivity contribution is 6.30. The molecule has 1 aliphatic rings. The maximum absolute atomic E-state index is 12.4. The summed E-state index contributed by atoms with van der Waals surface area (Å²) in [5.41, 5.74) is 2.39. The van der Waals surface area contributed by atoms with Gasteiger partial charge in [-0.15, -0.1) is 0 Å². The van der Waals surface area contributed by atoms with Gasteiger partial charge in [0.2, 0.25) is 0 Å². The van der Waals surface area contributed by atoms with E-state index in [0.717, 1.165) is 17.7 Å². The molecule has 0 saturated heterocycles. The van der Waals surface area contributed by atoms with E-state index in [1.165, 1.54) is 10.6 Å². The summed E-state index contributed by atoms with van der Waals surface area (Å²) in [5.74, 6) is 1.41. The number of aromatic nitrogens is 4. The Morgan fingerprint density at radius 2 is 2.23 bits per heavy atom. The van der Waals surface area contributed by atoms with Crippen molar-refractivity contribution in [1.82, 2.24) is 19.6 Å². The van der Waals surface area contributed by atoms with Crippen molar-refractivity contribution >= 4 is 28.6 Å². The lowest BCUT2D eigenvalue weighted by atomic mass is 9.93. The molecule has 1 aliphatic carbocycles.